The molecule has 0 spiro atoms. The number of fused-ring (bicyclic) bond motifs is 1. The zero-order valence-corrected chi connectivity index (χ0v) is 17.8. The van der Waals surface area contributed by atoms with Crippen LogP contribution in [-0.2, 0) is 4.79 Å². The summed E-state index contributed by atoms with van der Waals surface area (Å²) in [4.78, 5) is 41.1. The Balaban J connectivity index is 1.32. The van der Waals surface area contributed by atoms with E-state index < -0.39 is 5.60 Å². The number of hydrogen-bond donors (Lipinski definition) is 1. The fourth-order valence-corrected chi connectivity index (χ4v) is 5.31. The molecule has 30 heavy (non-hydrogen) atoms. The van der Waals surface area contributed by atoms with Gasteiger partial charge in [-0.2, -0.15) is 0 Å². The third-order valence-corrected chi connectivity index (χ3v) is 7.17. The molecule has 1 N–H and O–H groups in total. The number of amides is 3. The second-order valence-electron chi connectivity index (χ2n) is 9.43. The molecule has 1 aromatic rings. The van der Waals surface area contributed by atoms with Crippen molar-refractivity contribution in [3.8, 4) is 0 Å². The Labute approximate surface area is 178 Å². The predicted molar refractivity (Wildman–Crippen MR) is 113 cm³/mol. The number of aliphatic hydroxyl groups is 1. The Morgan fingerprint density at radius 1 is 1.07 bits per heavy atom. The number of rotatable bonds is 5. The van der Waals surface area contributed by atoms with Gasteiger partial charge in [-0.15, -0.1) is 0 Å². The minimum atomic E-state index is -1.14. The highest BCUT2D eigenvalue weighted by Crippen LogP contribution is 2.32. The molecule has 1 atom stereocenters. The lowest BCUT2D eigenvalue weighted by Crippen LogP contribution is -2.53. The molecule has 162 valence electrons. The van der Waals surface area contributed by atoms with E-state index in [2.05, 4.69) is 0 Å². The van der Waals surface area contributed by atoms with Gasteiger partial charge in [-0.1, -0.05) is 51.2 Å². The van der Waals surface area contributed by atoms with Crippen molar-refractivity contribution in [3.63, 3.8) is 0 Å². The Morgan fingerprint density at radius 2 is 1.63 bits per heavy atom. The van der Waals surface area contributed by atoms with Gasteiger partial charge in [0.05, 0.1) is 23.3 Å². The lowest BCUT2D eigenvalue weighted by molar-refractivity contribution is -0.140. The number of likely N-dealkylation sites (tertiary alicyclic amines) is 1. The van der Waals surface area contributed by atoms with Crippen molar-refractivity contribution in [1.29, 1.82) is 0 Å². The van der Waals surface area contributed by atoms with Crippen molar-refractivity contribution in [2.75, 3.05) is 19.6 Å². The highest BCUT2D eigenvalue weighted by Gasteiger charge is 2.43. The van der Waals surface area contributed by atoms with Crippen molar-refractivity contribution in [2.45, 2.75) is 63.9 Å². The molecule has 1 saturated heterocycles. The zero-order valence-electron chi connectivity index (χ0n) is 17.8. The van der Waals surface area contributed by atoms with Crippen LogP contribution >= 0.6 is 0 Å². The van der Waals surface area contributed by atoms with E-state index in [1.807, 2.05) is 11.8 Å². The maximum atomic E-state index is 12.9. The molecule has 4 rings (SSSR count). The molecule has 2 aliphatic heterocycles. The number of β-amino-alcohol motifs (C(OH)–C–C–N with tert-alkyl or cyclic N) is 1. The topological polar surface area (TPSA) is 77.9 Å². The molecule has 2 fully saturated rings. The van der Waals surface area contributed by atoms with Gasteiger partial charge >= 0.3 is 0 Å². The summed E-state index contributed by atoms with van der Waals surface area (Å²) in [5.74, 6) is 0.152. The molecule has 1 saturated carbocycles. The van der Waals surface area contributed by atoms with Crippen molar-refractivity contribution in [1.82, 2.24) is 9.80 Å². The highest BCUT2D eigenvalue weighted by molar-refractivity contribution is 6.21. The van der Waals surface area contributed by atoms with E-state index in [-0.39, 0.29) is 30.2 Å². The van der Waals surface area contributed by atoms with E-state index in [1.54, 1.807) is 24.3 Å². The Bertz CT molecular complexity index is 787. The molecular formula is C24H32N2O4. The van der Waals surface area contributed by atoms with Crippen LogP contribution in [0.2, 0.25) is 0 Å². The van der Waals surface area contributed by atoms with Crippen LogP contribution in [0.4, 0.5) is 0 Å². The summed E-state index contributed by atoms with van der Waals surface area (Å²) in [6.45, 7) is 2.94. The molecule has 6 heteroatoms. The Kier molecular flexibility index (Phi) is 5.96. The molecule has 0 bridgehead atoms. The molecule has 3 amide bonds. The molecule has 0 radical (unpaired) electrons. The van der Waals surface area contributed by atoms with Crippen LogP contribution in [-0.4, -0.2) is 57.9 Å². The standard InChI is InChI=1S/C24H32N2O4/c1-17(15-18-7-3-2-4-8-18)21(27)25-13-11-24(30,12-14-25)16-26-22(28)19-9-5-6-10-20(19)23(26)29/h5-6,9-10,17-18,30H,2-4,7-8,11-16H2,1H3. The molecule has 1 aromatic carbocycles. The number of hydrogen-bond acceptors (Lipinski definition) is 4. The van der Waals surface area contributed by atoms with E-state index in [0.717, 1.165) is 11.3 Å². The van der Waals surface area contributed by atoms with Crippen LogP contribution < -0.4 is 0 Å². The van der Waals surface area contributed by atoms with Crippen molar-refractivity contribution in [3.05, 3.63) is 35.4 Å². The van der Waals surface area contributed by atoms with Gasteiger partial charge in [0.1, 0.15) is 0 Å². The first-order valence-electron chi connectivity index (χ1n) is 11.3. The van der Waals surface area contributed by atoms with E-state index in [1.165, 1.54) is 32.1 Å². The molecular weight excluding hydrogens is 380 g/mol. The van der Waals surface area contributed by atoms with Gasteiger partial charge in [-0.25, -0.2) is 0 Å². The first-order chi connectivity index (χ1) is 14.4. The third kappa shape index (κ3) is 4.15. The average Bonchev–Trinajstić information content (AvgIpc) is 2.99. The summed E-state index contributed by atoms with van der Waals surface area (Å²) in [5.41, 5.74) is -0.345. The first-order valence-corrected chi connectivity index (χ1v) is 11.3. The number of carbonyl (C=O) groups is 3. The van der Waals surface area contributed by atoms with Gasteiger partial charge in [-0.3, -0.25) is 19.3 Å². The second-order valence-corrected chi connectivity index (χ2v) is 9.43. The van der Waals surface area contributed by atoms with Crippen molar-refractivity contribution < 1.29 is 19.5 Å². The third-order valence-electron chi connectivity index (χ3n) is 7.17. The summed E-state index contributed by atoms with van der Waals surface area (Å²) < 4.78 is 0. The van der Waals surface area contributed by atoms with Crippen LogP contribution in [0.3, 0.4) is 0 Å². The Morgan fingerprint density at radius 3 is 2.20 bits per heavy atom. The predicted octanol–water partition coefficient (Wildman–Crippen LogP) is 3.24. The molecule has 6 nitrogen and oxygen atoms in total. The van der Waals surface area contributed by atoms with Crippen molar-refractivity contribution in [2.24, 2.45) is 11.8 Å². The molecule has 1 aliphatic carbocycles. The van der Waals surface area contributed by atoms with Crippen LogP contribution in [0.15, 0.2) is 24.3 Å². The lowest BCUT2D eigenvalue weighted by Gasteiger charge is -2.40. The average molecular weight is 413 g/mol. The van der Waals surface area contributed by atoms with E-state index in [4.69, 9.17) is 0 Å². The largest absolute Gasteiger partial charge is 0.388 e. The molecule has 1 unspecified atom stereocenters. The second kappa shape index (κ2) is 8.50. The van der Waals surface area contributed by atoms with Crippen molar-refractivity contribution >= 4 is 17.7 Å². The monoisotopic (exact) mass is 412 g/mol. The summed E-state index contributed by atoms with van der Waals surface area (Å²) in [7, 11) is 0. The van der Waals surface area contributed by atoms with Gasteiger partial charge in [0.2, 0.25) is 5.91 Å². The maximum absolute atomic E-state index is 12.9. The molecule has 0 aromatic heterocycles. The normalized spacial score (nSPS) is 22.9. The van der Waals surface area contributed by atoms with Crippen LogP contribution in [0.5, 0.6) is 0 Å². The van der Waals surface area contributed by atoms with Crippen LogP contribution in [0.25, 0.3) is 0 Å². The number of benzene rings is 1. The lowest BCUT2D eigenvalue weighted by atomic mass is 9.82. The maximum Gasteiger partial charge on any atom is 0.261 e. The highest BCUT2D eigenvalue weighted by atomic mass is 16.3. The van der Waals surface area contributed by atoms with E-state index >= 15 is 0 Å². The number of piperidine rings is 1. The van der Waals surface area contributed by atoms with Gasteiger partial charge in [0, 0.05) is 19.0 Å². The zero-order chi connectivity index (χ0) is 21.3. The van der Waals surface area contributed by atoms with Gasteiger partial charge in [-0.05, 0) is 37.3 Å². The van der Waals surface area contributed by atoms with E-state index in [9.17, 15) is 19.5 Å². The summed E-state index contributed by atoms with van der Waals surface area (Å²) >= 11 is 0. The fourth-order valence-electron chi connectivity index (χ4n) is 5.31. The molecule has 3 aliphatic rings. The van der Waals surface area contributed by atoms with Gasteiger partial charge in [0.25, 0.3) is 11.8 Å². The minimum absolute atomic E-state index is 0.00975. The summed E-state index contributed by atoms with van der Waals surface area (Å²) in [6.07, 6.45) is 8.05. The first kappa shape index (κ1) is 21.0. The summed E-state index contributed by atoms with van der Waals surface area (Å²) in [5, 5.41) is 11.1. The van der Waals surface area contributed by atoms with E-state index in [0.29, 0.717) is 43.0 Å². The van der Waals surface area contributed by atoms with Gasteiger partial charge in [0.15, 0.2) is 0 Å². The summed E-state index contributed by atoms with van der Waals surface area (Å²) in [6, 6.07) is 6.77. The van der Waals surface area contributed by atoms with Gasteiger partial charge < -0.3 is 10.0 Å². The van der Waals surface area contributed by atoms with Crippen LogP contribution in [0, 0.1) is 11.8 Å². The Hall–Kier alpha value is -2.21. The number of nitrogens with zero attached hydrogens (tertiary/aromatic N) is 2. The quantitative estimate of drug-likeness (QED) is 0.753. The number of carbonyl (C=O) groups excluding carboxylic acids is 3. The smallest absolute Gasteiger partial charge is 0.261 e. The minimum Gasteiger partial charge on any atom is -0.388 e. The number of imide groups is 1. The molecule has 2 heterocycles. The fraction of sp³-hybridized carbons (Fsp3) is 0.625. The SMILES string of the molecule is CC(CC1CCCCC1)C(=O)N1CCC(O)(CN2C(=O)c3ccccc3C2=O)CC1. The van der Waals surface area contributed by atoms with Crippen LogP contribution in [0.1, 0.15) is 79.0 Å².